The van der Waals surface area contributed by atoms with E-state index < -0.39 is 13.7 Å². The average Bonchev–Trinajstić information content (AvgIpc) is 3.12. The second-order valence-corrected chi connectivity index (χ2v) is 6.19. The van der Waals surface area contributed by atoms with Gasteiger partial charge in [-0.05, 0) is 22.1 Å². The van der Waals surface area contributed by atoms with Gasteiger partial charge in [-0.2, -0.15) is 0 Å². The Hall–Kier alpha value is -2.13. The van der Waals surface area contributed by atoms with E-state index in [1.165, 1.54) is 17.7 Å². The molecule has 22 heavy (non-hydrogen) atoms. The van der Waals surface area contributed by atoms with Crippen LogP contribution in [0.1, 0.15) is 17.5 Å². The average molecular weight is 324 g/mol. The van der Waals surface area contributed by atoms with E-state index in [9.17, 15) is 14.4 Å². The molecule has 3 heterocycles. The maximum absolute atomic E-state index is 11.5. The van der Waals surface area contributed by atoms with Crippen LogP contribution in [0.5, 0.6) is 0 Å². The second kappa shape index (κ2) is 5.58. The predicted octanol–water partition coefficient (Wildman–Crippen LogP) is -0.419. The summed E-state index contributed by atoms with van der Waals surface area (Å²) in [6.07, 6.45) is 2.83. The summed E-state index contributed by atoms with van der Waals surface area (Å²) >= 11 is 0. The first-order valence-corrected chi connectivity index (χ1v) is 7.89. The van der Waals surface area contributed by atoms with E-state index in [-0.39, 0.29) is 5.44 Å². The lowest BCUT2D eigenvalue weighted by atomic mass is 10.1. The van der Waals surface area contributed by atoms with Gasteiger partial charge in [-0.3, -0.25) is 8.97 Å². The molecule has 0 saturated carbocycles. The number of pyridine rings is 1. The van der Waals surface area contributed by atoms with E-state index in [0.717, 1.165) is 5.56 Å². The number of nitrogens with zero attached hydrogens (tertiary/aromatic N) is 5. The van der Waals surface area contributed by atoms with Crippen LogP contribution in [0.2, 0.25) is 0 Å². The number of ether oxygens (including phenoxy) is 1. The van der Waals surface area contributed by atoms with Gasteiger partial charge in [0.1, 0.15) is 11.8 Å². The number of methoxy groups -OCH3 is 1. The van der Waals surface area contributed by atoms with Crippen LogP contribution in [0.4, 0.5) is 0 Å². The molecular formula is C11H13N6O4P. The Bertz CT molecular complexity index is 826. The summed E-state index contributed by atoms with van der Waals surface area (Å²) in [4.78, 5) is 22.7. The highest BCUT2D eigenvalue weighted by atomic mass is 31.2. The molecule has 0 bridgehead atoms. The van der Waals surface area contributed by atoms with Crippen molar-refractivity contribution in [3.05, 3.63) is 35.9 Å². The summed E-state index contributed by atoms with van der Waals surface area (Å²) in [6.45, 7) is 0. The van der Waals surface area contributed by atoms with Crippen molar-refractivity contribution in [1.82, 2.24) is 30.0 Å². The van der Waals surface area contributed by atoms with Crippen molar-refractivity contribution >= 4 is 18.7 Å². The van der Waals surface area contributed by atoms with Crippen LogP contribution in [0.15, 0.2) is 24.5 Å². The molecule has 3 aromatic rings. The van der Waals surface area contributed by atoms with Crippen molar-refractivity contribution < 1.29 is 19.1 Å². The smallest absolute Gasteiger partial charge is 0.373 e. The Balaban J connectivity index is 1.96. The molecule has 10 nitrogen and oxygen atoms in total. The molecule has 0 amide bonds. The van der Waals surface area contributed by atoms with Gasteiger partial charge < -0.3 is 14.5 Å². The molecule has 0 spiro atoms. The van der Waals surface area contributed by atoms with Gasteiger partial charge in [0.2, 0.25) is 0 Å². The number of H-pyrrole nitrogens is 1. The maximum atomic E-state index is 11.5. The fourth-order valence-corrected chi connectivity index (χ4v) is 2.81. The minimum absolute atomic E-state index is 0.153. The SMILES string of the molecule is COC(Cc1ccc2ncc(P(=O)(O)O)n2c1)c1nnn[nH]1. The number of aromatic amines is 1. The summed E-state index contributed by atoms with van der Waals surface area (Å²) in [5.74, 6) is 0.475. The van der Waals surface area contributed by atoms with Gasteiger partial charge in [0.05, 0.1) is 6.20 Å². The molecule has 3 rings (SSSR count). The number of aromatic nitrogens is 6. The van der Waals surface area contributed by atoms with Gasteiger partial charge in [-0.25, -0.2) is 10.1 Å². The Morgan fingerprint density at radius 2 is 2.27 bits per heavy atom. The largest absolute Gasteiger partial charge is 0.374 e. The first-order chi connectivity index (χ1) is 10.5. The molecule has 0 aromatic carbocycles. The number of hydrogen-bond acceptors (Lipinski definition) is 6. The van der Waals surface area contributed by atoms with Crippen LogP contribution >= 0.6 is 7.60 Å². The summed E-state index contributed by atoms with van der Waals surface area (Å²) in [5, 5.41) is 13.4. The van der Waals surface area contributed by atoms with Crippen molar-refractivity contribution in [2.45, 2.75) is 12.5 Å². The highest BCUT2D eigenvalue weighted by Gasteiger charge is 2.23. The minimum atomic E-state index is -4.39. The highest BCUT2D eigenvalue weighted by molar-refractivity contribution is 7.60. The Labute approximate surface area is 124 Å². The molecule has 3 N–H and O–H groups in total. The molecule has 0 aliphatic heterocycles. The number of nitrogens with one attached hydrogen (secondary N) is 1. The van der Waals surface area contributed by atoms with Crippen LogP contribution in [-0.4, -0.2) is 46.9 Å². The van der Waals surface area contributed by atoms with Gasteiger partial charge in [0, 0.05) is 19.7 Å². The van der Waals surface area contributed by atoms with Crippen LogP contribution in [0.25, 0.3) is 5.65 Å². The molecular weight excluding hydrogens is 311 g/mol. The molecule has 116 valence electrons. The number of rotatable bonds is 5. The summed E-state index contributed by atoms with van der Waals surface area (Å²) in [5.41, 5.74) is 1.10. The van der Waals surface area contributed by atoms with Crippen LogP contribution < -0.4 is 5.44 Å². The van der Waals surface area contributed by atoms with E-state index in [1.54, 1.807) is 12.3 Å². The van der Waals surface area contributed by atoms with Gasteiger partial charge in [0.15, 0.2) is 11.3 Å². The van der Waals surface area contributed by atoms with Gasteiger partial charge in [-0.1, -0.05) is 6.07 Å². The molecule has 0 aliphatic rings. The zero-order valence-electron chi connectivity index (χ0n) is 11.5. The van der Waals surface area contributed by atoms with Crippen LogP contribution in [0.3, 0.4) is 0 Å². The molecule has 1 unspecified atom stereocenters. The van der Waals surface area contributed by atoms with Gasteiger partial charge in [0.25, 0.3) is 0 Å². The number of fused-ring (bicyclic) bond motifs is 1. The third kappa shape index (κ3) is 2.77. The number of hydrogen-bond donors (Lipinski definition) is 3. The Morgan fingerprint density at radius 3 is 2.91 bits per heavy atom. The fourth-order valence-electron chi connectivity index (χ4n) is 2.16. The van der Waals surface area contributed by atoms with Crippen LogP contribution in [0, 0.1) is 0 Å². The van der Waals surface area contributed by atoms with Gasteiger partial charge in [-0.15, -0.1) is 5.10 Å². The fraction of sp³-hybridized carbons (Fsp3) is 0.273. The molecule has 0 radical (unpaired) electrons. The molecule has 0 aliphatic carbocycles. The van der Waals surface area contributed by atoms with E-state index >= 15 is 0 Å². The van der Waals surface area contributed by atoms with Crippen molar-refractivity contribution in [3.63, 3.8) is 0 Å². The van der Waals surface area contributed by atoms with E-state index in [4.69, 9.17) is 4.74 Å². The third-order valence-corrected chi connectivity index (χ3v) is 4.15. The lowest BCUT2D eigenvalue weighted by Gasteiger charge is -2.12. The summed E-state index contributed by atoms with van der Waals surface area (Å²) in [7, 11) is -2.86. The van der Waals surface area contributed by atoms with E-state index in [2.05, 4.69) is 25.6 Å². The first kappa shape index (κ1) is 14.8. The molecule has 1 atom stereocenters. The maximum Gasteiger partial charge on any atom is 0.374 e. The quantitative estimate of drug-likeness (QED) is 0.538. The van der Waals surface area contributed by atoms with Gasteiger partial charge >= 0.3 is 7.60 Å². The Morgan fingerprint density at radius 1 is 1.45 bits per heavy atom. The second-order valence-electron chi connectivity index (χ2n) is 4.64. The van der Waals surface area contributed by atoms with Crippen LogP contribution in [-0.2, 0) is 15.7 Å². The van der Waals surface area contributed by atoms with Crippen molar-refractivity contribution in [2.75, 3.05) is 7.11 Å². The minimum Gasteiger partial charge on any atom is -0.373 e. The first-order valence-electron chi connectivity index (χ1n) is 6.27. The molecule has 0 saturated heterocycles. The zero-order valence-corrected chi connectivity index (χ0v) is 12.4. The third-order valence-electron chi connectivity index (χ3n) is 3.22. The molecule has 11 heteroatoms. The molecule has 0 fully saturated rings. The predicted molar refractivity (Wildman–Crippen MR) is 74.5 cm³/mol. The molecule has 3 aromatic heterocycles. The lowest BCUT2D eigenvalue weighted by Crippen LogP contribution is -2.12. The van der Waals surface area contributed by atoms with Crippen molar-refractivity contribution in [3.8, 4) is 0 Å². The summed E-state index contributed by atoms with van der Waals surface area (Å²) < 4.78 is 18.2. The topological polar surface area (TPSA) is 139 Å². The van der Waals surface area contributed by atoms with Crippen molar-refractivity contribution in [1.29, 1.82) is 0 Å². The Kier molecular flexibility index (Phi) is 3.75. The summed E-state index contributed by atoms with van der Waals surface area (Å²) in [6, 6.07) is 3.49. The normalized spacial score (nSPS) is 13.6. The standard InChI is InChI=1S/C11H13N6O4P/c1-21-8(11-13-15-16-14-11)4-7-2-3-9-12-5-10(17(9)6-7)22(18,19)20/h2-3,5-6,8H,4H2,1H3,(H2,18,19,20)(H,13,14,15,16). The van der Waals surface area contributed by atoms with E-state index in [0.29, 0.717) is 17.9 Å². The highest BCUT2D eigenvalue weighted by Crippen LogP contribution is 2.33. The van der Waals surface area contributed by atoms with Crippen molar-refractivity contribution in [2.24, 2.45) is 0 Å². The number of imidazole rings is 1. The lowest BCUT2D eigenvalue weighted by molar-refractivity contribution is 0.0960. The number of tetrazole rings is 1. The zero-order chi connectivity index (χ0) is 15.7. The monoisotopic (exact) mass is 324 g/mol. The van der Waals surface area contributed by atoms with E-state index in [1.807, 2.05) is 6.07 Å².